The standard InChI is InChI=1S/C14H19BrN2O/c1-17-8-11(15)6-13(17)14(18)16-7-12(9-2-3-9)10-4-5-10/h6,8-10,12H,2-5,7H2,1H3,(H,16,18). The number of hydrogen-bond donors (Lipinski definition) is 1. The van der Waals surface area contributed by atoms with Crippen LogP contribution in [0.5, 0.6) is 0 Å². The van der Waals surface area contributed by atoms with E-state index in [1.807, 2.05) is 23.9 Å². The average Bonchev–Trinajstić information content (AvgIpc) is 3.19. The highest BCUT2D eigenvalue weighted by molar-refractivity contribution is 9.10. The van der Waals surface area contributed by atoms with Crippen LogP contribution in [0.3, 0.4) is 0 Å². The maximum Gasteiger partial charge on any atom is 0.267 e. The van der Waals surface area contributed by atoms with Gasteiger partial charge in [0.25, 0.3) is 5.91 Å². The molecule has 1 amide bonds. The summed E-state index contributed by atoms with van der Waals surface area (Å²) in [6.45, 7) is 0.858. The second kappa shape index (κ2) is 4.72. The number of aromatic nitrogens is 1. The topological polar surface area (TPSA) is 34.0 Å². The van der Waals surface area contributed by atoms with Crippen LogP contribution in [0.1, 0.15) is 36.2 Å². The second-order valence-electron chi connectivity index (χ2n) is 5.70. The van der Waals surface area contributed by atoms with Crippen molar-refractivity contribution in [1.82, 2.24) is 9.88 Å². The zero-order valence-electron chi connectivity index (χ0n) is 10.7. The summed E-state index contributed by atoms with van der Waals surface area (Å²) in [6, 6.07) is 1.87. The molecule has 18 heavy (non-hydrogen) atoms. The summed E-state index contributed by atoms with van der Waals surface area (Å²) in [6.07, 6.45) is 7.38. The molecule has 4 heteroatoms. The summed E-state index contributed by atoms with van der Waals surface area (Å²) in [4.78, 5) is 12.1. The van der Waals surface area contributed by atoms with Crippen LogP contribution in [0.2, 0.25) is 0 Å². The fraction of sp³-hybridized carbons (Fsp3) is 0.643. The third-order valence-corrected chi connectivity index (χ3v) is 4.59. The van der Waals surface area contributed by atoms with E-state index in [1.54, 1.807) is 0 Å². The Hall–Kier alpha value is -0.770. The van der Waals surface area contributed by atoms with Crippen LogP contribution in [0.15, 0.2) is 16.7 Å². The first-order valence-electron chi connectivity index (χ1n) is 6.75. The highest BCUT2D eigenvalue weighted by Crippen LogP contribution is 2.48. The third-order valence-electron chi connectivity index (χ3n) is 4.16. The lowest BCUT2D eigenvalue weighted by Gasteiger charge is -2.16. The van der Waals surface area contributed by atoms with Gasteiger partial charge in [-0.2, -0.15) is 0 Å². The largest absolute Gasteiger partial charge is 0.350 e. The van der Waals surface area contributed by atoms with Gasteiger partial charge in [-0.1, -0.05) is 0 Å². The highest BCUT2D eigenvalue weighted by Gasteiger charge is 2.41. The van der Waals surface area contributed by atoms with E-state index in [0.29, 0.717) is 0 Å². The molecule has 0 unspecified atom stereocenters. The van der Waals surface area contributed by atoms with Crippen LogP contribution in [0.4, 0.5) is 0 Å². The lowest BCUT2D eigenvalue weighted by atomic mass is 9.98. The highest BCUT2D eigenvalue weighted by atomic mass is 79.9. The molecule has 0 radical (unpaired) electrons. The van der Waals surface area contributed by atoms with Gasteiger partial charge in [-0.3, -0.25) is 4.79 Å². The number of halogens is 1. The Morgan fingerprint density at radius 1 is 1.44 bits per heavy atom. The van der Waals surface area contributed by atoms with Gasteiger partial charge in [0, 0.05) is 24.3 Å². The smallest absolute Gasteiger partial charge is 0.267 e. The fourth-order valence-electron chi connectivity index (χ4n) is 2.82. The minimum Gasteiger partial charge on any atom is -0.350 e. The molecule has 3 rings (SSSR count). The van der Waals surface area contributed by atoms with Crippen molar-refractivity contribution in [3.05, 3.63) is 22.4 Å². The Kier molecular flexibility index (Phi) is 3.22. The van der Waals surface area contributed by atoms with Gasteiger partial charge in [0.2, 0.25) is 0 Å². The van der Waals surface area contributed by atoms with Crippen LogP contribution in [-0.4, -0.2) is 17.0 Å². The lowest BCUT2D eigenvalue weighted by Crippen LogP contribution is -2.32. The number of carbonyl (C=O) groups is 1. The maximum atomic E-state index is 12.1. The van der Waals surface area contributed by atoms with E-state index in [1.165, 1.54) is 25.7 Å². The monoisotopic (exact) mass is 310 g/mol. The van der Waals surface area contributed by atoms with Crippen molar-refractivity contribution in [2.24, 2.45) is 24.8 Å². The third kappa shape index (κ3) is 2.63. The van der Waals surface area contributed by atoms with E-state index in [0.717, 1.165) is 34.5 Å². The molecular weight excluding hydrogens is 292 g/mol. The molecule has 0 aromatic carbocycles. The number of carbonyl (C=O) groups excluding carboxylic acids is 1. The molecule has 2 aliphatic carbocycles. The molecule has 1 aromatic rings. The van der Waals surface area contributed by atoms with Gasteiger partial charge in [-0.15, -0.1) is 0 Å². The van der Waals surface area contributed by atoms with Gasteiger partial charge in [-0.05, 0) is 65.4 Å². The second-order valence-corrected chi connectivity index (χ2v) is 6.62. The van der Waals surface area contributed by atoms with Crippen LogP contribution in [0.25, 0.3) is 0 Å². The first-order chi connectivity index (χ1) is 8.65. The lowest BCUT2D eigenvalue weighted by molar-refractivity contribution is 0.0935. The minimum absolute atomic E-state index is 0.0505. The van der Waals surface area contributed by atoms with Crippen molar-refractivity contribution in [3.8, 4) is 0 Å². The molecular formula is C14H19BrN2O. The predicted octanol–water partition coefficient (Wildman–Crippen LogP) is 2.95. The molecule has 0 saturated heterocycles. The molecule has 0 aliphatic heterocycles. The molecule has 0 spiro atoms. The quantitative estimate of drug-likeness (QED) is 0.891. The normalized spacial score (nSPS) is 19.3. The summed E-state index contributed by atoms with van der Waals surface area (Å²) >= 11 is 3.40. The summed E-state index contributed by atoms with van der Waals surface area (Å²) in [5.74, 6) is 2.56. The fourth-order valence-corrected chi connectivity index (χ4v) is 3.34. The van der Waals surface area contributed by atoms with Gasteiger partial charge in [-0.25, -0.2) is 0 Å². The summed E-state index contributed by atoms with van der Waals surface area (Å²) < 4.78 is 2.82. The number of hydrogen-bond acceptors (Lipinski definition) is 1. The van der Waals surface area contributed by atoms with Gasteiger partial charge in [0.05, 0.1) is 0 Å². The molecule has 2 saturated carbocycles. The average molecular weight is 311 g/mol. The Balaban J connectivity index is 1.58. The van der Waals surface area contributed by atoms with E-state index in [9.17, 15) is 4.79 Å². The van der Waals surface area contributed by atoms with Crippen molar-refractivity contribution in [2.45, 2.75) is 25.7 Å². The van der Waals surface area contributed by atoms with E-state index in [2.05, 4.69) is 21.2 Å². The summed E-state index contributed by atoms with van der Waals surface area (Å²) in [5.41, 5.74) is 0.729. The van der Waals surface area contributed by atoms with Gasteiger partial charge in [0.1, 0.15) is 5.69 Å². The van der Waals surface area contributed by atoms with Crippen LogP contribution in [-0.2, 0) is 7.05 Å². The van der Waals surface area contributed by atoms with Gasteiger partial charge < -0.3 is 9.88 Å². The summed E-state index contributed by atoms with van der Waals surface area (Å²) in [7, 11) is 1.90. The van der Waals surface area contributed by atoms with Gasteiger partial charge in [0.15, 0.2) is 0 Å². The van der Waals surface area contributed by atoms with Crippen molar-refractivity contribution in [1.29, 1.82) is 0 Å². The Morgan fingerprint density at radius 3 is 2.50 bits per heavy atom. The Morgan fingerprint density at radius 2 is 2.06 bits per heavy atom. The van der Waals surface area contributed by atoms with Crippen molar-refractivity contribution < 1.29 is 4.79 Å². The van der Waals surface area contributed by atoms with E-state index >= 15 is 0 Å². The molecule has 98 valence electrons. The molecule has 2 fully saturated rings. The van der Waals surface area contributed by atoms with Crippen LogP contribution in [0, 0.1) is 17.8 Å². The van der Waals surface area contributed by atoms with E-state index < -0.39 is 0 Å². The SMILES string of the molecule is Cn1cc(Br)cc1C(=O)NCC(C1CC1)C1CC1. The zero-order valence-corrected chi connectivity index (χ0v) is 12.2. The zero-order chi connectivity index (χ0) is 12.7. The first-order valence-corrected chi connectivity index (χ1v) is 7.54. The first kappa shape index (κ1) is 12.3. The predicted molar refractivity (Wildman–Crippen MR) is 74.4 cm³/mol. The molecule has 3 nitrogen and oxygen atoms in total. The molecule has 0 atom stereocenters. The molecule has 1 aromatic heterocycles. The van der Waals surface area contributed by atoms with E-state index in [4.69, 9.17) is 0 Å². The Bertz CT molecular complexity index is 448. The summed E-state index contributed by atoms with van der Waals surface area (Å²) in [5, 5.41) is 3.12. The van der Waals surface area contributed by atoms with Crippen molar-refractivity contribution in [3.63, 3.8) is 0 Å². The van der Waals surface area contributed by atoms with Crippen LogP contribution >= 0.6 is 15.9 Å². The maximum absolute atomic E-state index is 12.1. The number of nitrogens with zero attached hydrogens (tertiary/aromatic N) is 1. The number of amides is 1. The minimum atomic E-state index is 0.0505. The molecule has 1 N–H and O–H groups in total. The van der Waals surface area contributed by atoms with Gasteiger partial charge >= 0.3 is 0 Å². The Labute approximate surface area is 116 Å². The molecule has 2 aliphatic rings. The molecule has 1 heterocycles. The number of nitrogens with one attached hydrogen (secondary N) is 1. The van der Waals surface area contributed by atoms with Crippen molar-refractivity contribution >= 4 is 21.8 Å². The number of rotatable bonds is 5. The van der Waals surface area contributed by atoms with Crippen molar-refractivity contribution in [2.75, 3.05) is 6.54 Å². The number of aryl methyl sites for hydroxylation is 1. The molecule has 0 bridgehead atoms. The van der Waals surface area contributed by atoms with Crippen LogP contribution < -0.4 is 5.32 Å². The van der Waals surface area contributed by atoms with E-state index in [-0.39, 0.29) is 5.91 Å².